The molecule has 17 heavy (non-hydrogen) atoms. The maximum absolute atomic E-state index is 9.65. The van der Waals surface area contributed by atoms with Crippen molar-refractivity contribution in [3.8, 4) is 0 Å². The molecular weight excluding hydrogens is 218 g/mol. The van der Waals surface area contributed by atoms with Crippen molar-refractivity contribution in [2.45, 2.75) is 26.5 Å². The minimum Gasteiger partial charge on any atom is -0.389 e. The van der Waals surface area contributed by atoms with E-state index in [1.165, 1.54) is 0 Å². The van der Waals surface area contributed by atoms with Gasteiger partial charge in [0.25, 0.3) is 0 Å². The third-order valence-electron chi connectivity index (χ3n) is 2.37. The minimum absolute atomic E-state index is 0.385. The zero-order chi connectivity index (χ0) is 12.7. The second-order valence-electron chi connectivity index (χ2n) is 4.66. The summed E-state index contributed by atoms with van der Waals surface area (Å²) in [6, 6.07) is 1.95. The van der Waals surface area contributed by atoms with E-state index < -0.39 is 6.10 Å². The molecule has 0 aliphatic rings. The Kier molecular flexibility index (Phi) is 6.18. The zero-order valence-corrected chi connectivity index (χ0v) is 10.9. The van der Waals surface area contributed by atoms with Crippen LogP contribution in [-0.2, 0) is 18.3 Å². The van der Waals surface area contributed by atoms with Crippen molar-refractivity contribution in [3.63, 3.8) is 0 Å². The molecule has 2 N–H and O–H groups in total. The van der Waals surface area contributed by atoms with Gasteiger partial charge in [0.05, 0.1) is 18.4 Å². The van der Waals surface area contributed by atoms with Gasteiger partial charge in [-0.1, -0.05) is 13.8 Å². The summed E-state index contributed by atoms with van der Waals surface area (Å²) in [7, 11) is 1.90. The lowest BCUT2D eigenvalue weighted by molar-refractivity contribution is 0.0260. The van der Waals surface area contributed by atoms with Gasteiger partial charge in [0.1, 0.15) is 0 Å². The van der Waals surface area contributed by atoms with E-state index in [1.54, 1.807) is 6.20 Å². The maximum atomic E-state index is 9.65. The molecule has 0 radical (unpaired) electrons. The van der Waals surface area contributed by atoms with Crippen LogP contribution in [0.2, 0.25) is 0 Å². The summed E-state index contributed by atoms with van der Waals surface area (Å²) < 4.78 is 7.17. The molecule has 0 amide bonds. The van der Waals surface area contributed by atoms with Gasteiger partial charge >= 0.3 is 0 Å². The molecule has 0 fully saturated rings. The number of rotatable bonds is 8. The number of aliphatic hydroxyl groups is 1. The van der Waals surface area contributed by atoms with Crippen LogP contribution >= 0.6 is 0 Å². The Morgan fingerprint density at radius 3 is 2.82 bits per heavy atom. The van der Waals surface area contributed by atoms with E-state index in [0.29, 0.717) is 32.2 Å². The van der Waals surface area contributed by atoms with Crippen LogP contribution in [-0.4, -0.2) is 40.7 Å². The van der Waals surface area contributed by atoms with Gasteiger partial charge in [0, 0.05) is 32.9 Å². The van der Waals surface area contributed by atoms with Crippen molar-refractivity contribution in [1.29, 1.82) is 0 Å². The van der Waals surface area contributed by atoms with E-state index in [1.807, 2.05) is 17.8 Å². The number of hydrogen-bond donors (Lipinski definition) is 2. The van der Waals surface area contributed by atoms with Gasteiger partial charge in [0.2, 0.25) is 0 Å². The fourth-order valence-electron chi connectivity index (χ4n) is 1.44. The number of ether oxygens (including phenoxy) is 1. The minimum atomic E-state index is -0.457. The average molecular weight is 241 g/mol. The smallest absolute Gasteiger partial charge is 0.0897 e. The predicted molar refractivity (Wildman–Crippen MR) is 66.6 cm³/mol. The molecule has 1 aromatic rings. The first-order chi connectivity index (χ1) is 8.09. The van der Waals surface area contributed by atoms with Gasteiger partial charge in [-0.15, -0.1) is 0 Å². The lowest BCUT2D eigenvalue weighted by Gasteiger charge is -2.13. The Bertz CT molecular complexity index is 312. The highest BCUT2D eigenvalue weighted by Gasteiger charge is 2.05. The van der Waals surface area contributed by atoms with Crippen molar-refractivity contribution < 1.29 is 9.84 Å². The van der Waals surface area contributed by atoms with Crippen LogP contribution in [0.25, 0.3) is 0 Å². The van der Waals surface area contributed by atoms with Crippen LogP contribution in [0.4, 0.5) is 0 Å². The van der Waals surface area contributed by atoms with Gasteiger partial charge in [-0.3, -0.25) is 4.68 Å². The largest absolute Gasteiger partial charge is 0.389 e. The topological polar surface area (TPSA) is 59.3 Å². The summed E-state index contributed by atoms with van der Waals surface area (Å²) in [6.07, 6.45) is 1.31. The van der Waals surface area contributed by atoms with Crippen LogP contribution in [0.1, 0.15) is 19.5 Å². The molecule has 0 aliphatic heterocycles. The Balaban J connectivity index is 2.08. The molecule has 1 aromatic heterocycles. The molecule has 5 heteroatoms. The van der Waals surface area contributed by atoms with Crippen LogP contribution in [0, 0.1) is 5.92 Å². The summed E-state index contributed by atoms with van der Waals surface area (Å²) in [5.74, 6) is 0.504. The molecule has 5 nitrogen and oxygen atoms in total. The fourth-order valence-corrected chi connectivity index (χ4v) is 1.44. The average Bonchev–Trinajstić information content (AvgIpc) is 2.64. The molecule has 1 unspecified atom stereocenters. The Labute approximate surface area is 103 Å². The third kappa shape index (κ3) is 5.81. The Morgan fingerprint density at radius 1 is 1.47 bits per heavy atom. The van der Waals surface area contributed by atoms with Gasteiger partial charge < -0.3 is 15.2 Å². The fraction of sp³-hybridized carbons (Fsp3) is 0.750. The number of nitrogens with one attached hydrogen (secondary N) is 1. The molecular formula is C12H23N3O2. The number of aliphatic hydroxyl groups excluding tert-OH is 1. The van der Waals surface area contributed by atoms with Crippen molar-refractivity contribution in [2.24, 2.45) is 13.0 Å². The second kappa shape index (κ2) is 7.42. The Morgan fingerprint density at radius 2 is 2.24 bits per heavy atom. The van der Waals surface area contributed by atoms with Crippen LogP contribution in [0.15, 0.2) is 12.3 Å². The van der Waals surface area contributed by atoms with Crippen molar-refractivity contribution in [2.75, 3.05) is 19.8 Å². The first kappa shape index (κ1) is 14.2. The van der Waals surface area contributed by atoms with Crippen LogP contribution in [0.3, 0.4) is 0 Å². The first-order valence-electron chi connectivity index (χ1n) is 6.03. The van der Waals surface area contributed by atoms with E-state index in [9.17, 15) is 5.11 Å². The Hall–Kier alpha value is -0.910. The third-order valence-corrected chi connectivity index (χ3v) is 2.37. The maximum Gasteiger partial charge on any atom is 0.0897 e. The molecule has 0 saturated heterocycles. The van der Waals surface area contributed by atoms with E-state index in [2.05, 4.69) is 24.3 Å². The van der Waals surface area contributed by atoms with E-state index >= 15 is 0 Å². The van der Waals surface area contributed by atoms with Gasteiger partial charge in [-0.2, -0.15) is 5.10 Å². The van der Waals surface area contributed by atoms with Gasteiger partial charge in [-0.25, -0.2) is 0 Å². The molecule has 1 rings (SSSR count). The summed E-state index contributed by atoms with van der Waals surface area (Å²) in [5, 5.41) is 16.9. The highest BCUT2D eigenvalue weighted by atomic mass is 16.5. The van der Waals surface area contributed by atoms with E-state index in [4.69, 9.17) is 4.74 Å². The molecule has 98 valence electrons. The van der Waals surface area contributed by atoms with Crippen molar-refractivity contribution >= 4 is 0 Å². The molecule has 0 aliphatic carbocycles. The summed E-state index contributed by atoms with van der Waals surface area (Å²) in [4.78, 5) is 0. The van der Waals surface area contributed by atoms with E-state index in [0.717, 1.165) is 5.69 Å². The highest BCUT2D eigenvalue weighted by molar-refractivity contribution is 4.99. The summed E-state index contributed by atoms with van der Waals surface area (Å²) in [5.41, 5.74) is 1.10. The zero-order valence-electron chi connectivity index (χ0n) is 10.9. The lowest BCUT2D eigenvalue weighted by Crippen LogP contribution is -2.31. The number of aryl methyl sites for hydroxylation is 1. The number of aromatic nitrogens is 2. The quantitative estimate of drug-likeness (QED) is 0.697. The standard InChI is InChI=1S/C12H23N3O2/c1-10(2)8-17-9-12(16)7-13-6-11-4-5-14-15(11)3/h4-5,10,12-13,16H,6-9H2,1-3H3. The SMILES string of the molecule is CC(C)COCC(O)CNCc1ccnn1C. The molecule has 0 bridgehead atoms. The van der Waals surface area contributed by atoms with Crippen LogP contribution < -0.4 is 5.32 Å². The number of hydrogen-bond acceptors (Lipinski definition) is 4. The van der Waals surface area contributed by atoms with Crippen LogP contribution in [0.5, 0.6) is 0 Å². The molecule has 0 aromatic carbocycles. The lowest BCUT2D eigenvalue weighted by atomic mass is 10.2. The predicted octanol–water partition coefficient (Wildman–Crippen LogP) is 0.543. The molecule has 1 heterocycles. The number of nitrogens with zero attached hydrogens (tertiary/aromatic N) is 2. The van der Waals surface area contributed by atoms with Gasteiger partial charge in [0.15, 0.2) is 0 Å². The molecule has 0 saturated carbocycles. The highest BCUT2D eigenvalue weighted by Crippen LogP contribution is 1.96. The van der Waals surface area contributed by atoms with Crippen molar-refractivity contribution in [1.82, 2.24) is 15.1 Å². The van der Waals surface area contributed by atoms with E-state index in [-0.39, 0.29) is 0 Å². The summed E-state index contributed by atoms with van der Waals surface area (Å²) in [6.45, 7) is 6.50. The second-order valence-corrected chi connectivity index (χ2v) is 4.66. The first-order valence-corrected chi connectivity index (χ1v) is 6.03. The van der Waals surface area contributed by atoms with Gasteiger partial charge in [-0.05, 0) is 12.0 Å². The summed E-state index contributed by atoms with van der Waals surface area (Å²) >= 11 is 0. The molecule has 0 spiro atoms. The monoisotopic (exact) mass is 241 g/mol. The molecule has 1 atom stereocenters. The van der Waals surface area contributed by atoms with Crippen molar-refractivity contribution in [3.05, 3.63) is 18.0 Å². The normalized spacial score (nSPS) is 13.2.